The fourth-order valence-corrected chi connectivity index (χ4v) is 4.65. The van der Waals surface area contributed by atoms with Gasteiger partial charge >= 0.3 is 0 Å². The predicted molar refractivity (Wildman–Crippen MR) is 113 cm³/mol. The highest BCUT2D eigenvalue weighted by atomic mass is 32.2. The summed E-state index contributed by atoms with van der Waals surface area (Å²) >= 11 is 0. The molecule has 0 saturated heterocycles. The molecule has 0 unspecified atom stereocenters. The van der Waals surface area contributed by atoms with Gasteiger partial charge in [-0.2, -0.15) is 0 Å². The fourth-order valence-electron chi connectivity index (χ4n) is 2.98. The SMILES string of the molecule is Cc1ncncc1N(CC(C)C)S(=O)(=O)c1ccc(OCc2c(C)noc2C)cc1. The Morgan fingerprint density at radius 1 is 1.10 bits per heavy atom. The standard InChI is InChI=1S/C21H26N4O4S/c1-14(2)11-25(21-10-22-13-23-16(21)4)30(26,27)19-8-6-18(7-9-19)28-12-20-15(3)24-29-17(20)5/h6-10,13-14H,11-12H2,1-5H3. The third kappa shape index (κ3) is 4.62. The molecule has 2 heterocycles. The number of sulfonamides is 1. The summed E-state index contributed by atoms with van der Waals surface area (Å²) < 4.78 is 39.0. The number of hydrogen-bond donors (Lipinski definition) is 0. The van der Waals surface area contributed by atoms with Crippen LogP contribution in [0.5, 0.6) is 5.75 Å². The molecule has 160 valence electrons. The minimum atomic E-state index is -3.79. The third-order valence-electron chi connectivity index (χ3n) is 4.66. The third-order valence-corrected chi connectivity index (χ3v) is 6.46. The summed E-state index contributed by atoms with van der Waals surface area (Å²) in [5, 5.41) is 3.90. The Morgan fingerprint density at radius 2 is 1.80 bits per heavy atom. The van der Waals surface area contributed by atoms with Crippen molar-refractivity contribution in [2.45, 2.75) is 46.1 Å². The summed E-state index contributed by atoms with van der Waals surface area (Å²) in [4.78, 5) is 8.33. The van der Waals surface area contributed by atoms with E-state index in [1.807, 2.05) is 27.7 Å². The molecule has 3 aromatic rings. The van der Waals surface area contributed by atoms with Crippen LogP contribution in [0.1, 0.15) is 36.6 Å². The van der Waals surface area contributed by atoms with Gasteiger partial charge in [-0.25, -0.2) is 18.4 Å². The van der Waals surface area contributed by atoms with Crippen LogP contribution in [0.4, 0.5) is 5.69 Å². The molecule has 0 saturated carbocycles. The van der Waals surface area contributed by atoms with Crippen LogP contribution < -0.4 is 9.04 Å². The second kappa shape index (κ2) is 8.83. The number of rotatable bonds is 8. The van der Waals surface area contributed by atoms with E-state index in [-0.39, 0.29) is 10.8 Å². The van der Waals surface area contributed by atoms with Crippen molar-refractivity contribution in [3.63, 3.8) is 0 Å². The van der Waals surface area contributed by atoms with Gasteiger partial charge in [0.15, 0.2) is 0 Å². The van der Waals surface area contributed by atoms with Crippen molar-refractivity contribution in [1.29, 1.82) is 0 Å². The lowest BCUT2D eigenvalue weighted by Gasteiger charge is -2.26. The quantitative estimate of drug-likeness (QED) is 0.536. The predicted octanol–water partition coefficient (Wildman–Crippen LogP) is 3.82. The molecule has 0 fully saturated rings. The Labute approximate surface area is 177 Å². The van der Waals surface area contributed by atoms with Crippen LogP contribution >= 0.6 is 0 Å². The van der Waals surface area contributed by atoms with E-state index in [0.717, 1.165) is 11.3 Å². The van der Waals surface area contributed by atoms with Gasteiger partial charge in [0.05, 0.1) is 33.7 Å². The maximum Gasteiger partial charge on any atom is 0.264 e. The molecule has 0 bridgehead atoms. The number of nitrogens with zero attached hydrogens (tertiary/aromatic N) is 4. The van der Waals surface area contributed by atoms with Gasteiger partial charge in [0.2, 0.25) is 0 Å². The molecule has 0 radical (unpaired) electrons. The van der Waals surface area contributed by atoms with E-state index in [0.29, 0.717) is 36.0 Å². The van der Waals surface area contributed by atoms with E-state index in [4.69, 9.17) is 9.26 Å². The van der Waals surface area contributed by atoms with Gasteiger partial charge in [-0.3, -0.25) is 4.31 Å². The molecule has 0 spiro atoms. The first-order valence-electron chi connectivity index (χ1n) is 9.64. The summed E-state index contributed by atoms with van der Waals surface area (Å²) in [7, 11) is -3.79. The summed E-state index contributed by atoms with van der Waals surface area (Å²) in [5.41, 5.74) is 2.74. The average molecular weight is 431 g/mol. The number of ether oxygens (including phenoxy) is 1. The summed E-state index contributed by atoms with van der Waals surface area (Å²) in [6.07, 6.45) is 2.94. The molecule has 0 aliphatic rings. The molecule has 3 rings (SSSR count). The molecular weight excluding hydrogens is 404 g/mol. The zero-order valence-electron chi connectivity index (χ0n) is 17.8. The zero-order valence-corrected chi connectivity index (χ0v) is 18.6. The fraction of sp³-hybridized carbons (Fsp3) is 0.381. The zero-order chi connectivity index (χ0) is 21.9. The molecule has 0 aliphatic carbocycles. The molecule has 9 heteroatoms. The summed E-state index contributed by atoms with van der Waals surface area (Å²) in [6, 6.07) is 6.38. The van der Waals surface area contributed by atoms with Crippen LogP contribution in [0, 0.1) is 26.7 Å². The van der Waals surface area contributed by atoms with Crippen LogP contribution in [0.3, 0.4) is 0 Å². The van der Waals surface area contributed by atoms with Gasteiger partial charge < -0.3 is 9.26 Å². The van der Waals surface area contributed by atoms with Crippen molar-refractivity contribution in [1.82, 2.24) is 15.1 Å². The van der Waals surface area contributed by atoms with E-state index >= 15 is 0 Å². The Kier molecular flexibility index (Phi) is 6.40. The van der Waals surface area contributed by atoms with E-state index in [1.165, 1.54) is 16.8 Å². The monoisotopic (exact) mass is 430 g/mol. The molecular formula is C21H26N4O4S. The normalized spacial score (nSPS) is 11.7. The highest BCUT2D eigenvalue weighted by Gasteiger charge is 2.27. The number of aromatic nitrogens is 3. The van der Waals surface area contributed by atoms with Crippen molar-refractivity contribution in [3.8, 4) is 5.75 Å². The lowest BCUT2D eigenvalue weighted by molar-refractivity contribution is 0.301. The van der Waals surface area contributed by atoms with E-state index in [2.05, 4.69) is 15.1 Å². The van der Waals surface area contributed by atoms with E-state index in [1.54, 1.807) is 31.2 Å². The first-order chi connectivity index (χ1) is 14.2. The minimum Gasteiger partial charge on any atom is -0.489 e. The highest BCUT2D eigenvalue weighted by molar-refractivity contribution is 7.92. The molecule has 0 aliphatic heterocycles. The molecule has 0 N–H and O–H groups in total. The van der Waals surface area contributed by atoms with Crippen LogP contribution in [0.15, 0.2) is 46.2 Å². The second-order valence-electron chi connectivity index (χ2n) is 7.49. The summed E-state index contributed by atoms with van der Waals surface area (Å²) in [5.74, 6) is 1.39. The first-order valence-corrected chi connectivity index (χ1v) is 11.1. The highest BCUT2D eigenvalue weighted by Crippen LogP contribution is 2.27. The van der Waals surface area contributed by atoms with Crippen molar-refractivity contribution >= 4 is 15.7 Å². The minimum absolute atomic E-state index is 0.122. The van der Waals surface area contributed by atoms with Crippen LogP contribution in [0.25, 0.3) is 0 Å². The lowest BCUT2D eigenvalue weighted by Crippen LogP contribution is -2.35. The molecule has 0 atom stereocenters. The first kappa shape index (κ1) is 21.8. The maximum absolute atomic E-state index is 13.4. The topological polar surface area (TPSA) is 98.4 Å². The van der Waals surface area contributed by atoms with E-state index in [9.17, 15) is 8.42 Å². The molecule has 1 aromatic carbocycles. The van der Waals surface area contributed by atoms with Gasteiger partial charge in [0.1, 0.15) is 24.4 Å². The Balaban J connectivity index is 1.84. The number of aryl methyl sites for hydroxylation is 3. The van der Waals surface area contributed by atoms with Crippen molar-refractivity contribution in [2.24, 2.45) is 5.92 Å². The molecule has 0 amide bonds. The van der Waals surface area contributed by atoms with Crippen molar-refractivity contribution in [3.05, 3.63) is 59.5 Å². The average Bonchev–Trinajstić information content (AvgIpc) is 3.03. The molecule has 8 nitrogen and oxygen atoms in total. The Bertz CT molecular complexity index is 1090. The maximum atomic E-state index is 13.4. The van der Waals surface area contributed by atoms with Gasteiger partial charge in [0, 0.05) is 6.54 Å². The van der Waals surface area contributed by atoms with E-state index < -0.39 is 10.0 Å². The lowest BCUT2D eigenvalue weighted by atomic mass is 10.2. The number of hydrogen-bond acceptors (Lipinski definition) is 7. The number of benzene rings is 1. The smallest absolute Gasteiger partial charge is 0.264 e. The Hall–Kier alpha value is -2.94. The van der Waals surface area contributed by atoms with Gasteiger partial charge in [-0.05, 0) is 51.0 Å². The largest absolute Gasteiger partial charge is 0.489 e. The number of anilines is 1. The Morgan fingerprint density at radius 3 is 2.37 bits per heavy atom. The van der Waals surface area contributed by atoms with Crippen LogP contribution in [-0.2, 0) is 16.6 Å². The molecule has 2 aromatic heterocycles. The van der Waals surface area contributed by atoms with Crippen LogP contribution in [-0.4, -0.2) is 30.1 Å². The van der Waals surface area contributed by atoms with Crippen molar-refractivity contribution < 1.29 is 17.7 Å². The molecule has 30 heavy (non-hydrogen) atoms. The van der Waals surface area contributed by atoms with Crippen LogP contribution in [0.2, 0.25) is 0 Å². The van der Waals surface area contributed by atoms with Crippen molar-refractivity contribution in [2.75, 3.05) is 10.8 Å². The van der Waals surface area contributed by atoms with Gasteiger partial charge in [0.25, 0.3) is 10.0 Å². The summed E-state index contributed by atoms with van der Waals surface area (Å²) in [6.45, 7) is 10.00. The second-order valence-corrected chi connectivity index (χ2v) is 9.35. The van der Waals surface area contributed by atoms with Gasteiger partial charge in [-0.15, -0.1) is 0 Å². The van der Waals surface area contributed by atoms with Gasteiger partial charge in [-0.1, -0.05) is 19.0 Å².